The quantitative estimate of drug-likeness (QED) is 0.807. The Hall–Kier alpha value is -1.33. The maximum absolute atomic E-state index is 12.1. The number of piperazine rings is 1. The number of nitrogens with one attached hydrogen (secondary N) is 1. The summed E-state index contributed by atoms with van der Waals surface area (Å²) in [4.78, 5) is 29.8. The van der Waals surface area contributed by atoms with Crippen LogP contribution in [0, 0.1) is 0 Å². The van der Waals surface area contributed by atoms with Gasteiger partial charge in [-0.3, -0.25) is 14.5 Å². The molecule has 0 aliphatic carbocycles. The molecule has 6 heteroatoms. The molecule has 98 valence electrons. The lowest BCUT2D eigenvalue weighted by atomic mass is 10.2. The smallest absolute Gasteiger partial charge is 0.270 e. The number of hydrogen-bond donors (Lipinski definition) is 1. The molecule has 1 fully saturated rings. The first kappa shape index (κ1) is 13.1. The van der Waals surface area contributed by atoms with Crippen molar-refractivity contribution < 1.29 is 4.79 Å². The van der Waals surface area contributed by atoms with Crippen LogP contribution >= 0.6 is 11.6 Å². The zero-order valence-corrected chi connectivity index (χ0v) is 10.8. The molecule has 1 aromatic rings. The Morgan fingerprint density at radius 2 is 2.00 bits per heavy atom. The minimum Gasteiger partial charge on any atom is -0.335 e. The number of carbonyl (C=O) groups excluding carboxylic acids is 1. The third kappa shape index (κ3) is 3.11. The summed E-state index contributed by atoms with van der Waals surface area (Å²) in [6.07, 6.45) is 0. The van der Waals surface area contributed by atoms with Crippen LogP contribution in [-0.2, 0) is 0 Å². The van der Waals surface area contributed by atoms with Crippen LogP contribution in [0.25, 0.3) is 0 Å². The van der Waals surface area contributed by atoms with Gasteiger partial charge in [-0.25, -0.2) is 0 Å². The van der Waals surface area contributed by atoms with Gasteiger partial charge in [0.25, 0.3) is 5.91 Å². The normalized spacial score (nSPS) is 16.8. The van der Waals surface area contributed by atoms with Gasteiger partial charge in [-0.1, -0.05) is 6.07 Å². The number of H-pyrrole nitrogens is 1. The Bertz CT molecular complexity index is 466. The standard InChI is InChI=1S/C12H16ClN3O2/c13-4-5-15-6-8-16(9-7-15)12(18)10-2-1-3-11(17)14-10/h1-3H,4-9H2,(H,14,17). The van der Waals surface area contributed by atoms with Gasteiger partial charge in [-0.2, -0.15) is 0 Å². The van der Waals surface area contributed by atoms with E-state index in [0.717, 1.165) is 19.6 Å². The highest BCUT2D eigenvalue weighted by molar-refractivity contribution is 6.18. The Balaban J connectivity index is 1.97. The van der Waals surface area contributed by atoms with Crippen LogP contribution in [0.3, 0.4) is 0 Å². The Morgan fingerprint density at radius 1 is 1.28 bits per heavy atom. The molecule has 0 atom stereocenters. The number of pyridine rings is 1. The lowest BCUT2D eigenvalue weighted by Crippen LogP contribution is -2.49. The summed E-state index contributed by atoms with van der Waals surface area (Å²) in [5.74, 6) is 0.498. The number of halogens is 1. The maximum atomic E-state index is 12.1. The van der Waals surface area contributed by atoms with E-state index in [1.165, 1.54) is 6.07 Å². The molecule has 0 spiro atoms. The second kappa shape index (κ2) is 6.02. The van der Waals surface area contributed by atoms with Crippen LogP contribution in [0.15, 0.2) is 23.0 Å². The monoisotopic (exact) mass is 269 g/mol. The first-order valence-electron chi connectivity index (χ1n) is 5.97. The molecule has 2 heterocycles. The third-order valence-electron chi connectivity index (χ3n) is 3.06. The van der Waals surface area contributed by atoms with E-state index < -0.39 is 0 Å². The topological polar surface area (TPSA) is 56.4 Å². The fourth-order valence-electron chi connectivity index (χ4n) is 2.04. The number of rotatable bonds is 3. The van der Waals surface area contributed by atoms with Crippen LogP contribution in [-0.4, -0.2) is 59.3 Å². The molecule has 2 rings (SSSR count). The molecule has 1 aliphatic rings. The number of nitrogens with zero attached hydrogens (tertiary/aromatic N) is 2. The van der Waals surface area contributed by atoms with Gasteiger partial charge in [0.05, 0.1) is 0 Å². The summed E-state index contributed by atoms with van der Waals surface area (Å²) < 4.78 is 0. The molecule has 1 saturated heterocycles. The first-order valence-corrected chi connectivity index (χ1v) is 6.51. The molecule has 0 saturated carbocycles. The third-order valence-corrected chi connectivity index (χ3v) is 3.23. The van der Waals surface area contributed by atoms with Crippen molar-refractivity contribution in [2.24, 2.45) is 0 Å². The van der Waals surface area contributed by atoms with Gasteiger partial charge in [0.2, 0.25) is 5.56 Å². The van der Waals surface area contributed by atoms with E-state index in [2.05, 4.69) is 9.88 Å². The summed E-state index contributed by atoms with van der Waals surface area (Å²) in [6, 6.07) is 4.62. The van der Waals surface area contributed by atoms with Gasteiger partial charge in [-0.05, 0) is 6.07 Å². The number of aromatic nitrogens is 1. The molecule has 1 N–H and O–H groups in total. The largest absolute Gasteiger partial charge is 0.335 e. The van der Waals surface area contributed by atoms with Crippen molar-refractivity contribution >= 4 is 17.5 Å². The zero-order valence-electron chi connectivity index (χ0n) is 10.1. The maximum Gasteiger partial charge on any atom is 0.270 e. The van der Waals surface area contributed by atoms with Gasteiger partial charge in [0.1, 0.15) is 5.69 Å². The second-order valence-corrected chi connectivity index (χ2v) is 4.63. The van der Waals surface area contributed by atoms with E-state index in [0.29, 0.717) is 24.7 Å². The van der Waals surface area contributed by atoms with Crippen molar-refractivity contribution in [2.75, 3.05) is 38.6 Å². The molecule has 5 nitrogen and oxygen atoms in total. The van der Waals surface area contributed by atoms with E-state index in [1.807, 2.05) is 0 Å². The van der Waals surface area contributed by atoms with E-state index in [9.17, 15) is 9.59 Å². The summed E-state index contributed by atoms with van der Waals surface area (Å²) in [5, 5.41) is 0. The van der Waals surface area contributed by atoms with E-state index in [1.54, 1.807) is 17.0 Å². The van der Waals surface area contributed by atoms with Crippen molar-refractivity contribution in [3.8, 4) is 0 Å². The lowest BCUT2D eigenvalue weighted by molar-refractivity contribution is 0.0638. The SMILES string of the molecule is O=C(c1cccc(=O)[nH]1)N1CCN(CCCl)CC1. The van der Waals surface area contributed by atoms with E-state index in [-0.39, 0.29) is 11.5 Å². The van der Waals surface area contributed by atoms with Crippen LogP contribution in [0.4, 0.5) is 0 Å². The molecule has 0 unspecified atom stereocenters. The Labute approximate surface area is 110 Å². The van der Waals surface area contributed by atoms with Crippen LogP contribution in [0.5, 0.6) is 0 Å². The van der Waals surface area contributed by atoms with Gasteiger partial charge in [0, 0.05) is 44.7 Å². The second-order valence-electron chi connectivity index (χ2n) is 4.25. The molecular formula is C12H16ClN3O2. The van der Waals surface area contributed by atoms with Gasteiger partial charge >= 0.3 is 0 Å². The average Bonchev–Trinajstić information content (AvgIpc) is 2.39. The molecule has 18 heavy (non-hydrogen) atoms. The summed E-state index contributed by atoms with van der Waals surface area (Å²) in [7, 11) is 0. The highest BCUT2D eigenvalue weighted by Gasteiger charge is 2.21. The van der Waals surface area contributed by atoms with Crippen LogP contribution < -0.4 is 5.56 Å². The molecule has 1 amide bonds. The summed E-state index contributed by atoms with van der Waals surface area (Å²) in [6.45, 7) is 3.86. The lowest BCUT2D eigenvalue weighted by Gasteiger charge is -2.34. The fourth-order valence-corrected chi connectivity index (χ4v) is 2.28. The molecule has 1 aromatic heterocycles. The van der Waals surface area contributed by atoms with Crippen LogP contribution in [0.1, 0.15) is 10.5 Å². The molecule has 0 radical (unpaired) electrons. The van der Waals surface area contributed by atoms with Gasteiger partial charge < -0.3 is 9.88 Å². The highest BCUT2D eigenvalue weighted by Crippen LogP contribution is 2.06. The number of hydrogen-bond acceptors (Lipinski definition) is 3. The predicted octanol–water partition coefficient (Wildman–Crippen LogP) is 0.371. The van der Waals surface area contributed by atoms with Gasteiger partial charge in [-0.15, -0.1) is 11.6 Å². The Morgan fingerprint density at radius 3 is 2.61 bits per heavy atom. The number of aromatic amines is 1. The fraction of sp³-hybridized carbons (Fsp3) is 0.500. The van der Waals surface area contributed by atoms with Crippen LogP contribution in [0.2, 0.25) is 0 Å². The number of alkyl halides is 1. The van der Waals surface area contributed by atoms with Crippen molar-refractivity contribution in [1.29, 1.82) is 0 Å². The predicted molar refractivity (Wildman–Crippen MR) is 70.1 cm³/mol. The minimum absolute atomic E-state index is 0.113. The number of amides is 1. The Kier molecular flexibility index (Phi) is 4.38. The number of carbonyl (C=O) groups is 1. The molecule has 0 aromatic carbocycles. The van der Waals surface area contributed by atoms with E-state index >= 15 is 0 Å². The zero-order chi connectivity index (χ0) is 13.0. The van der Waals surface area contributed by atoms with Crippen molar-refractivity contribution in [2.45, 2.75) is 0 Å². The van der Waals surface area contributed by atoms with Crippen molar-refractivity contribution in [3.63, 3.8) is 0 Å². The van der Waals surface area contributed by atoms with Crippen molar-refractivity contribution in [3.05, 3.63) is 34.2 Å². The highest BCUT2D eigenvalue weighted by atomic mass is 35.5. The average molecular weight is 270 g/mol. The molecule has 1 aliphatic heterocycles. The molecule has 0 bridgehead atoms. The first-order chi connectivity index (χ1) is 8.70. The molecular weight excluding hydrogens is 254 g/mol. The van der Waals surface area contributed by atoms with Crippen molar-refractivity contribution in [1.82, 2.24) is 14.8 Å². The summed E-state index contributed by atoms with van der Waals surface area (Å²) >= 11 is 5.69. The summed E-state index contributed by atoms with van der Waals surface area (Å²) in [5.41, 5.74) is 0.106. The van der Waals surface area contributed by atoms with E-state index in [4.69, 9.17) is 11.6 Å². The van der Waals surface area contributed by atoms with Gasteiger partial charge in [0.15, 0.2) is 0 Å². The minimum atomic E-state index is -0.248.